The summed E-state index contributed by atoms with van der Waals surface area (Å²) in [5, 5.41) is 1.60. The number of hydrogen-bond acceptors (Lipinski definition) is 4. The highest BCUT2D eigenvalue weighted by Crippen LogP contribution is 2.35. The third kappa shape index (κ3) is 2.72. The quantitative estimate of drug-likeness (QED) is 0.800. The molecule has 0 bridgehead atoms. The third-order valence-electron chi connectivity index (χ3n) is 3.60. The molecule has 2 atom stereocenters. The van der Waals surface area contributed by atoms with Crippen molar-refractivity contribution in [2.24, 2.45) is 0 Å². The van der Waals surface area contributed by atoms with Crippen molar-refractivity contribution in [1.82, 2.24) is 4.98 Å². The van der Waals surface area contributed by atoms with Gasteiger partial charge in [0.2, 0.25) is 0 Å². The molecule has 0 N–H and O–H groups in total. The number of Topliss-reactive ketones (excluding diaryl/α,β-unsaturated/α-hetero) is 1. The first-order chi connectivity index (χ1) is 9.79. The van der Waals surface area contributed by atoms with Crippen LogP contribution in [0.2, 0.25) is 0 Å². The third-order valence-corrected chi connectivity index (χ3v) is 6.84. The second-order valence-electron chi connectivity index (χ2n) is 4.88. The Bertz CT molecular complexity index is 629. The van der Waals surface area contributed by atoms with Crippen LogP contribution < -0.4 is 0 Å². The fourth-order valence-corrected chi connectivity index (χ4v) is 5.57. The second kappa shape index (κ2) is 6.19. The van der Waals surface area contributed by atoms with E-state index in [1.807, 2.05) is 53.9 Å². The molecule has 2 aromatic rings. The normalized spacial score (nSPS) is 22.9. The molecule has 0 radical (unpaired) electrons. The number of thioether (sulfide) groups is 2. The van der Waals surface area contributed by atoms with Crippen molar-refractivity contribution >= 4 is 40.2 Å². The summed E-state index contributed by atoms with van der Waals surface area (Å²) >= 11 is 3.76. The van der Waals surface area contributed by atoms with Gasteiger partial charge in [-0.15, -0.1) is 11.8 Å². The van der Waals surface area contributed by atoms with Crippen LogP contribution in [-0.4, -0.2) is 32.8 Å². The molecule has 0 amide bonds. The first kappa shape index (κ1) is 14.0. The maximum absolute atomic E-state index is 12.8. The Hall–Kier alpha value is -1.00. The second-order valence-corrected chi connectivity index (χ2v) is 7.48. The number of nitrogens with zero attached hydrogens (tertiary/aromatic N) is 1. The van der Waals surface area contributed by atoms with Crippen molar-refractivity contribution in [3.8, 4) is 0 Å². The molecule has 1 saturated heterocycles. The topological polar surface area (TPSA) is 30.0 Å². The van der Waals surface area contributed by atoms with E-state index in [2.05, 4.69) is 11.9 Å². The number of hydrogen-bond donors (Lipinski definition) is 0. The van der Waals surface area contributed by atoms with Crippen LogP contribution in [-0.2, 0) is 0 Å². The number of rotatable bonds is 3. The van der Waals surface area contributed by atoms with Crippen LogP contribution >= 0.6 is 23.5 Å². The van der Waals surface area contributed by atoms with Crippen molar-refractivity contribution < 1.29 is 4.79 Å². The maximum Gasteiger partial charge on any atom is 0.176 e. The largest absolute Gasteiger partial charge is 0.293 e. The van der Waals surface area contributed by atoms with Gasteiger partial charge >= 0.3 is 0 Å². The van der Waals surface area contributed by atoms with E-state index in [-0.39, 0.29) is 11.0 Å². The lowest BCUT2D eigenvalue weighted by Crippen LogP contribution is -2.32. The van der Waals surface area contributed by atoms with E-state index < -0.39 is 0 Å². The van der Waals surface area contributed by atoms with Crippen molar-refractivity contribution in [1.29, 1.82) is 0 Å². The molecule has 1 aromatic heterocycles. The Morgan fingerprint density at radius 3 is 3.00 bits per heavy atom. The Balaban J connectivity index is 1.91. The van der Waals surface area contributed by atoms with Gasteiger partial charge in [-0.3, -0.25) is 9.78 Å². The van der Waals surface area contributed by atoms with E-state index >= 15 is 0 Å². The summed E-state index contributed by atoms with van der Waals surface area (Å²) in [6, 6.07) is 9.78. The molecule has 104 valence electrons. The SMILES string of the molecule is CCC1SCCSC1C(=O)c1ccc2ncccc2c1. The average Bonchev–Trinajstić information content (AvgIpc) is 2.53. The monoisotopic (exact) mass is 303 g/mol. The van der Waals surface area contributed by atoms with E-state index in [4.69, 9.17) is 0 Å². The zero-order valence-electron chi connectivity index (χ0n) is 11.4. The van der Waals surface area contributed by atoms with E-state index in [0.717, 1.165) is 34.4 Å². The minimum absolute atomic E-state index is 0.105. The molecule has 2 unspecified atom stereocenters. The van der Waals surface area contributed by atoms with Gasteiger partial charge in [0.1, 0.15) is 0 Å². The van der Waals surface area contributed by atoms with Gasteiger partial charge < -0.3 is 0 Å². The maximum atomic E-state index is 12.8. The molecule has 2 heterocycles. The fourth-order valence-electron chi connectivity index (χ4n) is 2.54. The number of carbonyl (C=O) groups is 1. The number of carbonyl (C=O) groups excluding carboxylic acids is 1. The molecular formula is C16H17NOS2. The van der Waals surface area contributed by atoms with Gasteiger partial charge in [0.25, 0.3) is 0 Å². The Morgan fingerprint density at radius 2 is 2.15 bits per heavy atom. The Morgan fingerprint density at radius 1 is 1.30 bits per heavy atom. The van der Waals surface area contributed by atoms with Crippen molar-refractivity contribution in [2.75, 3.05) is 11.5 Å². The van der Waals surface area contributed by atoms with Gasteiger partial charge in [-0.05, 0) is 30.7 Å². The van der Waals surface area contributed by atoms with Gasteiger partial charge in [-0.1, -0.05) is 13.0 Å². The Kier molecular flexibility index (Phi) is 4.32. The highest BCUT2D eigenvalue weighted by Gasteiger charge is 2.31. The first-order valence-corrected chi connectivity index (χ1v) is 9.01. The lowest BCUT2D eigenvalue weighted by atomic mass is 10.0. The van der Waals surface area contributed by atoms with E-state index in [1.54, 1.807) is 6.20 Å². The number of pyridine rings is 1. The molecule has 3 rings (SSSR count). The highest BCUT2D eigenvalue weighted by molar-refractivity contribution is 8.07. The predicted molar refractivity (Wildman–Crippen MR) is 88.9 cm³/mol. The van der Waals surface area contributed by atoms with E-state index in [1.165, 1.54) is 0 Å². The highest BCUT2D eigenvalue weighted by atomic mass is 32.2. The van der Waals surface area contributed by atoms with Crippen molar-refractivity contribution in [2.45, 2.75) is 23.8 Å². The smallest absolute Gasteiger partial charge is 0.176 e. The molecule has 0 spiro atoms. The zero-order valence-corrected chi connectivity index (χ0v) is 13.0. The minimum Gasteiger partial charge on any atom is -0.293 e. The minimum atomic E-state index is 0.105. The fraction of sp³-hybridized carbons (Fsp3) is 0.375. The summed E-state index contributed by atoms with van der Waals surface area (Å²) in [4.78, 5) is 17.1. The molecule has 20 heavy (non-hydrogen) atoms. The standard InChI is InChI=1S/C16H17NOS2/c1-2-14-16(20-9-8-19-14)15(18)12-5-6-13-11(10-12)4-3-7-17-13/h3-7,10,14,16H,2,8-9H2,1H3. The summed E-state index contributed by atoms with van der Waals surface area (Å²) in [6.07, 6.45) is 2.84. The van der Waals surface area contributed by atoms with Gasteiger partial charge in [0, 0.05) is 33.9 Å². The number of fused-ring (bicyclic) bond motifs is 1. The van der Waals surface area contributed by atoms with Crippen LogP contribution in [0.5, 0.6) is 0 Å². The molecule has 1 aliphatic rings. The number of benzene rings is 1. The summed E-state index contributed by atoms with van der Waals surface area (Å²) in [6.45, 7) is 2.17. The summed E-state index contributed by atoms with van der Waals surface area (Å²) in [7, 11) is 0. The summed E-state index contributed by atoms with van der Waals surface area (Å²) in [5.41, 5.74) is 1.77. The van der Waals surface area contributed by atoms with Crippen LogP contribution in [0, 0.1) is 0 Å². The van der Waals surface area contributed by atoms with Gasteiger partial charge in [0.05, 0.1) is 10.8 Å². The van der Waals surface area contributed by atoms with E-state index in [9.17, 15) is 4.79 Å². The Labute approximate surface area is 127 Å². The summed E-state index contributed by atoms with van der Waals surface area (Å²) in [5.74, 6) is 2.52. The summed E-state index contributed by atoms with van der Waals surface area (Å²) < 4.78 is 0. The number of ketones is 1. The predicted octanol–water partition coefficient (Wildman–Crippen LogP) is 4.04. The van der Waals surface area contributed by atoms with Gasteiger partial charge in [0.15, 0.2) is 5.78 Å². The van der Waals surface area contributed by atoms with Crippen LogP contribution in [0.1, 0.15) is 23.7 Å². The molecule has 0 aliphatic carbocycles. The lowest BCUT2D eigenvalue weighted by molar-refractivity contribution is 0.0988. The van der Waals surface area contributed by atoms with Gasteiger partial charge in [-0.2, -0.15) is 11.8 Å². The molecule has 1 fully saturated rings. The lowest BCUT2D eigenvalue weighted by Gasteiger charge is -2.28. The molecule has 4 heteroatoms. The van der Waals surface area contributed by atoms with Crippen molar-refractivity contribution in [3.05, 3.63) is 42.1 Å². The van der Waals surface area contributed by atoms with E-state index in [0.29, 0.717) is 5.25 Å². The molecule has 1 aliphatic heterocycles. The molecular weight excluding hydrogens is 286 g/mol. The van der Waals surface area contributed by atoms with Crippen molar-refractivity contribution in [3.63, 3.8) is 0 Å². The van der Waals surface area contributed by atoms with Crippen LogP contribution in [0.25, 0.3) is 10.9 Å². The van der Waals surface area contributed by atoms with Crippen LogP contribution in [0.15, 0.2) is 36.5 Å². The first-order valence-electron chi connectivity index (χ1n) is 6.92. The molecule has 1 aromatic carbocycles. The zero-order chi connectivity index (χ0) is 13.9. The van der Waals surface area contributed by atoms with Crippen LogP contribution in [0.4, 0.5) is 0 Å². The van der Waals surface area contributed by atoms with Gasteiger partial charge in [-0.25, -0.2) is 0 Å². The molecule has 0 saturated carbocycles. The molecule has 2 nitrogen and oxygen atoms in total. The van der Waals surface area contributed by atoms with Crippen LogP contribution in [0.3, 0.4) is 0 Å². The number of aromatic nitrogens is 1. The average molecular weight is 303 g/mol.